The molecule has 0 aliphatic heterocycles. The molecule has 1 heterocycles. The first-order valence-corrected chi connectivity index (χ1v) is 6.32. The summed E-state index contributed by atoms with van der Waals surface area (Å²) in [5.41, 5.74) is 2.36. The zero-order valence-electron chi connectivity index (χ0n) is 11.1. The number of nitrogens with one attached hydrogen (secondary N) is 1. The molecule has 2 aromatic rings. The van der Waals surface area contributed by atoms with Crippen molar-refractivity contribution in [2.75, 3.05) is 13.6 Å². The number of nitrogens with zero attached hydrogens (tertiary/aromatic N) is 2. The fraction of sp³-hybridized carbons (Fsp3) is 0.429. The number of aromatic nitrogens is 1. The van der Waals surface area contributed by atoms with E-state index in [1.54, 1.807) is 6.07 Å². The van der Waals surface area contributed by atoms with Gasteiger partial charge in [0.05, 0.1) is 17.5 Å². The lowest BCUT2D eigenvalue weighted by atomic mass is 10.1. The molecule has 1 aromatic carbocycles. The molecule has 1 unspecified atom stereocenters. The minimum atomic E-state index is -0.434. The monoisotopic (exact) mass is 259 g/mol. The smallest absolute Gasteiger partial charge is 0.408 e. The van der Waals surface area contributed by atoms with Gasteiger partial charge in [0.25, 0.3) is 0 Å². The highest BCUT2D eigenvalue weighted by atomic mass is 16.4. The molecule has 100 valence electrons. The van der Waals surface area contributed by atoms with Gasteiger partial charge in [0.2, 0.25) is 0 Å². The molecule has 0 amide bonds. The third-order valence-electron chi connectivity index (χ3n) is 3.14. The fourth-order valence-corrected chi connectivity index (χ4v) is 2.11. The maximum absolute atomic E-state index is 11.1. The molecular formula is C14H17N3O2. The third-order valence-corrected chi connectivity index (χ3v) is 3.14. The maximum Gasteiger partial charge on any atom is 0.417 e. The van der Waals surface area contributed by atoms with Crippen LogP contribution in [0.3, 0.4) is 0 Å². The van der Waals surface area contributed by atoms with Crippen LogP contribution in [0.5, 0.6) is 0 Å². The van der Waals surface area contributed by atoms with Gasteiger partial charge in [-0.3, -0.25) is 4.98 Å². The molecule has 0 bridgehead atoms. The minimum Gasteiger partial charge on any atom is -0.408 e. The van der Waals surface area contributed by atoms with E-state index >= 15 is 0 Å². The number of aromatic amines is 1. The van der Waals surface area contributed by atoms with Crippen LogP contribution in [0.15, 0.2) is 27.4 Å². The van der Waals surface area contributed by atoms with E-state index in [0.717, 1.165) is 25.1 Å². The van der Waals surface area contributed by atoms with Crippen LogP contribution in [-0.2, 0) is 6.54 Å². The van der Waals surface area contributed by atoms with Crippen molar-refractivity contribution in [3.63, 3.8) is 0 Å². The lowest BCUT2D eigenvalue weighted by Gasteiger charge is -2.18. The van der Waals surface area contributed by atoms with E-state index in [1.165, 1.54) is 0 Å². The Balaban J connectivity index is 2.08. The lowest BCUT2D eigenvalue weighted by Crippen LogP contribution is -2.24. The summed E-state index contributed by atoms with van der Waals surface area (Å²) in [5, 5.41) is 8.96. The SMILES string of the molecule is CCC(C#N)CN(C)Cc1ccc2oc(=O)[nH]c2c1. The highest BCUT2D eigenvalue weighted by Gasteiger charge is 2.09. The van der Waals surface area contributed by atoms with Gasteiger partial charge in [-0.15, -0.1) is 0 Å². The van der Waals surface area contributed by atoms with Crippen LogP contribution >= 0.6 is 0 Å². The zero-order chi connectivity index (χ0) is 13.8. The highest BCUT2D eigenvalue weighted by molar-refractivity contribution is 5.72. The van der Waals surface area contributed by atoms with Crippen molar-refractivity contribution in [2.45, 2.75) is 19.9 Å². The molecule has 2 rings (SSSR count). The lowest BCUT2D eigenvalue weighted by molar-refractivity contribution is 0.292. The molecule has 0 saturated carbocycles. The summed E-state index contributed by atoms with van der Waals surface area (Å²) in [7, 11) is 1.99. The Kier molecular flexibility index (Phi) is 4.03. The summed E-state index contributed by atoms with van der Waals surface area (Å²) in [6.07, 6.45) is 0.856. The fourth-order valence-electron chi connectivity index (χ4n) is 2.11. The Bertz CT molecular complexity index is 650. The Hall–Kier alpha value is -2.06. The average molecular weight is 259 g/mol. The summed E-state index contributed by atoms with van der Waals surface area (Å²) in [6, 6.07) is 7.93. The number of rotatable bonds is 5. The summed E-state index contributed by atoms with van der Waals surface area (Å²) in [5.74, 6) is -0.376. The van der Waals surface area contributed by atoms with Gasteiger partial charge >= 0.3 is 5.76 Å². The largest absolute Gasteiger partial charge is 0.417 e. The van der Waals surface area contributed by atoms with Gasteiger partial charge in [-0.05, 0) is 31.2 Å². The molecule has 1 N–H and O–H groups in total. The Labute approximate surface area is 111 Å². The van der Waals surface area contributed by atoms with E-state index in [-0.39, 0.29) is 5.92 Å². The number of benzene rings is 1. The molecule has 1 aromatic heterocycles. The number of hydrogen-bond donors (Lipinski definition) is 1. The van der Waals surface area contributed by atoms with Crippen LogP contribution in [0.25, 0.3) is 11.1 Å². The van der Waals surface area contributed by atoms with E-state index < -0.39 is 5.76 Å². The topological polar surface area (TPSA) is 73.0 Å². The van der Waals surface area contributed by atoms with Crippen LogP contribution in [0.2, 0.25) is 0 Å². The molecule has 0 spiro atoms. The molecule has 19 heavy (non-hydrogen) atoms. The van der Waals surface area contributed by atoms with Crippen molar-refractivity contribution in [3.8, 4) is 6.07 Å². The Morgan fingerprint density at radius 2 is 2.32 bits per heavy atom. The predicted molar refractivity (Wildman–Crippen MR) is 72.6 cm³/mol. The molecule has 0 aliphatic carbocycles. The molecule has 5 heteroatoms. The second-order valence-electron chi connectivity index (χ2n) is 4.78. The number of nitriles is 1. The van der Waals surface area contributed by atoms with E-state index in [0.29, 0.717) is 11.1 Å². The van der Waals surface area contributed by atoms with Crippen LogP contribution in [0.4, 0.5) is 0 Å². The molecule has 0 aliphatic rings. The second kappa shape index (κ2) is 5.72. The van der Waals surface area contributed by atoms with Crippen molar-refractivity contribution in [2.24, 2.45) is 5.92 Å². The van der Waals surface area contributed by atoms with Gasteiger partial charge < -0.3 is 9.32 Å². The van der Waals surface area contributed by atoms with Crippen molar-refractivity contribution in [3.05, 3.63) is 34.3 Å². The van der Waals surface area contributed by atoms with Crippen molar-refractivity contribution >= 4 is 11.1 Å². The van der Waals surface area contributed by atoms with Gasteiger partial charge in [0, 0.05) is 13.1 Å². The predicted octanol–water partition coefficient (Wildman–Crippen LogP) is 2.10. The van der Waals surface area contributed by atoms with E-state index in [2.05, 4.69) is 16.0 Å². The number of oxazole rings is 1. The zero-order valence-corrected chi connectivity index (χ0v) is 11.1. The van der Waals surface area contributed by atoms with E-state index in [9.17, 15) is 4.79 Å². The summed E-state index contributed by atoms with van der Waals surface area (Å²) in [4.78, 5) is 15.8. The van der Waals surface area contributed by atoms with Gasteiger partial charge in [0.1, 0.15) is 0 Å². The molecule has 5 nitrogen and oxygen atoms in total. The van der Waals surface area contributed by atoms with Gasteiger partial charge in [-0.2, -0.15) is 5.26 Å². The van der Waals surface area contributed by atoms with Crippen LogP contribution in [0, 0.1) is 17.2 Å². The van der Waals surface area contributed by atoms with Gasteiger partial charge in [0.15, 0.2) is 5.58 Å². The molecule has 1 atom stereocenters. The van der Waals surface area contributed by atoms with Crippen LogP contribution < -0.4 is 5.76 Å². The van der Waals surface area contributed by atoms with E-state index in [1.807, 2.05) is 26.1 Å². The summed E-state index contributed by atoms with van der Waals surface area (Å²) in [6.45, 7) is 3.50. The minimum absolute atomic E-state index is 0.0578. The quantitative estimate of drug-likeness (QED) is 0.892. The van der Waals surface area contributed by atoms with Crippen molar-refractivity contribution < 1.29 is 4.42 Å². The van der Waals surface area contributed by atoms with Gasteiger partial charge in [-0.25, -0.2) is 4.79 Å². The number of fused-ring (bicyclic) bond motifs is 1. The Morgan fingerprint density at radius 1 is 1.53 bits per heavy atom. The average Bonchev–Trinajstić information content (AvgIpc) is 2.75. The third kappa shape index (κ3) is 3.24. The van der Waals surface area contributed by atoms with Crippen molar-refractivity contribution in [1.29, 1.82) is 5.26 Å². The molecule has 0 saturated heterocycles. The first-order chi connectivity index (χ1) is 9.12. The first kappa shape index (κ1) is 13.4. The molecular weight excluding hydrogens is 242 g/mol. The van der Waals surface area contributed by atoms with Crippen LogP contribution in [0.1, 0.15) is 18.9 Å². The molecule has 0 fully saturated rings. The maximum atomic E-state index is 11.1. The summed E-state index contributed by atoms with van der Waals surface area (Å²) < 4.78 is 4.96. The van der Waals surface area contributed by atoms with Gasteiger partial charge in [-0.1, -0.05) is 13.0 Å². The highest BCUT2D eigenvalue weighted by Crippen LogP contribution is 2.14. The standard InChI is InChI=1S/C14H17N3O2/c1-3-10(7-15)8-17(2)9-11-4-5-13-12(6-11)16-14(18)19-13/h4-6,10H,3,8-9H2,1-2H3,(H,16,18). The number of hydrogen-bond acceptors (Lipinski definition) is 4. The second-order valence-corrected chi connectivity index (χ2v) is 4.78. The van der Waals surface area contributed by atoms with Crippen molar-refractivity contribution in [1.82, 2.24) is 9.88 Å². The first-order valence-electron chi connectivity index (χ1n) is 6.32. The Morgan fingerprint density at radius 3 is 3.00 bits per heavy atom. The molecule has 0 radical (unpaired) electrons. The summed E-state index contributed by atoms with van der Waals surface area (Å²) >= 11 is 0. The van der Waals surface area contributed by atoms with Crippen LogP contribution in [-0.4, -0.2) is 23.5 Å². The van der Waals surface area contributed by atoms with E-state index in [4.69, 9.17) is 9.68 Å². The number of H-pyrrole nitrogens is 1. The normalized spacial score (nSPS) is 12.7.